The van der Waals surface area contributed by atoms with Crippen LogP contribution in [0.2, 0.25) is 0 Å². The second-order valence-corrected chi connectivity index (χ2v) is 4.58. The van der Waals surface area contributed by atoms with Crippen LogP contribution in [0.4, 0.5) is 5.82 Å². The quantitative estimate of drug-likeness (QED) is 0.853. The van der Waals surface area contributed by atoms with E-state index in [9.17, 15) is 4.79 Å². The zero-order valence-corrected chi connectivity index (χ0v) is 11.5. The summed E-state index contributed by atoms with van der Waals surface area (Å²) >= 11 is 3.24. The Morgan fingerprint density at radius 3 is 3.11 bits per heavy atom. The fourth-order valence-corrected chi connectivity index (χ4v) is 1.99. The Morgan fingerprint density at radius 1 is 1.56 bits per heavy atom. The van der Waals surface area contributed by atoms with Gasteiger partial charge >= 0.3 is 0 Å². The molecule has 2 aromatic rings. The largest absolute Gasteiger partial charge is 0.305 e. The van der Waals surface area contributed by atoms with Gasteiger partial charge in [0.1, 0.15) is 4.60 Å². The molecule has 2 aromatic heterocycles. The number of halogens is 1. The molecule has 94 valence electrons. The first-order chi connectivity index (χ1) is 8.70. The van der Waals surface area contributed by atoms with E-state index in [2.05, 4.69) is 43.4 Å². The van der Waals surface area contributed by atoms with E-state index in [-0.39, 0.29) is 5.91 Å². The Bertz CT molecular complexity index is 553. The van der Waals surface area contributed by atoms with Crippen LogP contribution in [0.15, 0.2) is 29.0 Å². The van der Waals surface area contributed by atoms with Gasteiger partial charge in [0, 0.05) is 18.0 Å². The van der Waals surface area contributed by atoms with Gasteiger partial charge in [-0.05, 0) is 34.5 Å². The molecule has 6 heteroatoms. The molecule has 0 bridgehead atoms. The van der Waals surface area contributed by atoms with Crippen molar-refractivity contribution in [2.75, 3.05) is 5.32 Å². The zero-order valence-electron chi connectivity index (χ0n) is 9.90. The minimum Gasteiger partial charge on any atom is -0.305 e. The van der Waals surface area contributed by atoms with Gasteiger partial charge < -0.3 is 5.32 Å². The van der Waals surface area contributed by atoms with Gasteiger partial charge in [-0.2, -0.15) is 5.10 Å². The van der Waals surface area contributed by atoms with Crippen molar-refractivity contribution < 1.29 is 4.79 Å². The highest BCUT2D eigenvalue weighted by molar-refractivity contribution is 9.10. The summed E-state index contributed by atoms with van der Waals surface area (Å²) in [6.07, 6.45) is 3.57. The first-order valence-electron chi connectivity index (χ1n) is 5.67. The van der Waals surface area contributed by atoms with Crippen LogP contribution < -0.4 is 5.32 Å². The highest BCUT2D eigenvalue weighted by Gasteiger charge is 2.11. The zero-order chi connectivity index (χ0) is 13.0. The van der Waals surface area contributed by atoms with Crippen LogP contribution in [-0.4, -0.2) is 21.1 Å². The monoisotopic (exact) mass is 308 g/mol. The van der Waals surface area contributed by atoms with Crippen molar-refractivity contribution in [3.05, 3.63) is 40.3 Å². The normalized spacial score (nSPS) is 10.3. The molecule has 0 aromatic carbocycles. The number of nitrogens with zero attached hydrogens (tertiary/aromatic N) is 2. The maximum atomic E-state index is 12.0. The van der Waals surface area contributed by atoms with Crippen LogP contribution in [0.5, 0.6) is 0 Å². The summed E-state index contributed by atoms with van der Waals surface area (Å²) < 4.78 is 0.520. The van der Waals surface area contributed by atoms with Crippen LogP contribution in [0, 0.1) is 0 Å². The lowest BCUT2D eigenvalue weighted by Gasteiger charge is -2.02. The Kier molecular flexibility index (Phi) is 4.09. The third-order valence-corrected chi connectivity index (χ3v) is 3.03. The minimum absolute atomic E-state index is 0.232. The molecule has 2 rings (SSSR count). The van der Waals surface area contributed by atoms with Gasteiger partial charge in [0.15, 0.2) is 5.82 Å². The first-order valence-corrected chi connectivity index (χ1v) is 6.46. The Hall–Kier alpha value is -1.69. The number of pyridine rings is 1. The van der Waals surface area contributed by atoms with Gasteiger partial charge in [-0.3, -0.25) is 9.89 Å². The topological polar surface area (TPSA) is 70.7 Å². The van der Waals surface area contributed by atoms with E-state index in [4.69, 9.17) is 0 Å². The van der Waals surface area contributed by atoms with E-state index >= 15 is 0 Å². The summed E-state index contributed by atoms with van der Waals surface area (Å²) in [6.45, 7) is 2.09. The van der Waals surface area contributed by atoms with Gasteiger partial charge in [-0.25, -0.2) is 4.98 Å². The van der Waals surface area contributed by atoms with Crippen molar-refractivity contribution in [1.82, 2.24) is 15.2 Å². The highest BCUT2D eigenvalue weighted by atomic mass is 79.9. The Labute approximate surface area is 113 Å². The summed E-state index contributed by atoms with van der Waals surface area (Å²) in [5.74, 6) is 0.295. The van der Waals surface area contributed by atoms with Gasteiger partial charge in [0.2, 0.25) is 0 Å². The molecule has 0 saturated heterocycles. The maximum absolute atomic E-state index is 12.0. The summed E-state index contributed by atoms with van der Waals surface area (Å²) in [4.78, 5) is 16.0. The van der Waals surface area contributed by atoms with Crippen molar-refractivity contribution >= 4 is 27.7 Å². The average Bonchev–Trinajstić information content (AvgIpc) is 2.77. The predicted molar refractivity (Wildman–Crippen MR) is 72.5 cm³/mol. The summed E-state index contributed by atoms with van der Waals surface area (Å²) in [5.41, 5.74) is 1.50. The van der Waals surface area contributed by atoms with Crippen molar-refractivity contribution in [2.24, 2.45) is 0 Å². The number of hydrogen-bond donors (Lipinski definition) is 2. The van der Waals surface area contributed by atoms with Crippen LogP contribution in [0.25, 0.3) is 0 Å². The fraction of sp³-hybridized carbons (Fsp3) is 0.250. The lowest BCUT2D eigenvalue weighted by Crippen LogP contribution is -2.13. The van der Waals surface area contributed by atoms with Crippen LogP contribution in [0.3, 0.4) is 0 Å². The van der Waals surface area contributed by atoms with E-state index in [1.54, 1.807) is 18.3 Å². The Balaban J connectivity index is 2.09. The van der Waals surface area contributed by atoms with Crippen molar-refractivity contribution in [2.45, 2.75) is 19.8 Å². The molecule has 0 atom stereocenters. The van der Waals surface area contributed by atoms with Crippen molar-refractivity contribution in [1.29, 1.82) is 0 Å². The first kappa shape index (κ1) is 12.8. The molecular weight excluding hydrogens is 296 g/mol. The second kappa shape index (κ2) is 5.77. The van der Waals surface area contributed by atoms with Crippen LogP contribution >= 0.6 is 15.9 Å². The smallest absolute Gasteiger partial charge is 0.259 e. The molecule has 0 unspecified atom stereocenters. The SMILES string of the molecule is CCCc1cc(NC(=O)c2cccnc2Br)n[nH]1. The van der Waals surface area contributed by atoms with E-state index < -0.39 is 0 Å². The minimum atomic E-state index is -0.232. The number of anilines is 1. The highest BCUT2D eigenvalue weighted by Crippen LogP contribution is 2.15. The van der Waals surface area contributed by atoms with Crippen molar-refractivity contribution in [3.8, 4) is 0 Å². The molecule has 0 spiro atoms. The number of H-pyrrole nitrogens is 1. The molecule has 18 heavy (non-hydrogen) atoms. The number of aryl methyl sites for hydroxylation is 1. The molecule has 0 saturated carbocycles. The number of aromatic nitrogens is 3. The van der Waals surface area contributed by atoms with Crippen LogP contribution in [-0.2, 0) is 6.42 Å². The van der Waals surface area contributed by atoms with Crippen LogP contribution in [0.1, 0.15) is 29.4 Å². The Morgan fingerprint density at radius 2 is 2.39 bits per heavy atom. The van der Waals surface area contributed by atoms with Crippen molar-refractivity contribution in [3.63, 3.8) is 0 Å². The number of rotatable bonds is 4. The van der Waals surface area contributed by atoms with Gasteiger partial charge in [0.05, 0.1) is 5.56 Å². The number of amides is 1. The van der Waals surface area contributed by atoms with Gasteiger partial charge in [0.25, 0.3) is 5.91 Å². The lowest BCUT2D eigenvalue weighted by atomic mass is 10.2. The molecule has 2 heterocycles. The lowest BCUT2D eigenvalue weighted by molar-refractivity contribution is 0.102. The molecule has 0 aliphatic carbocycles. The number of carbonyl (C=O) groups excluding carboxylic acids is 1. The standard InChI is InChI=1S/C12H13BrN4O/c1-2-4-8-7-10(17-16-8)15-12(18)9-5-3-6-14-11(9)13/h3,5-7H,2,4H2,1H3,(H2,15,16,17,18). The van der Waals surface area contributed by atoms with Gasteiger partial charge in [-0.15, -0.1) is 0 Å². The summed E-state index contributed by atoms with van der Waals surface area (Å²) in [7, 11) is 0. The third kappa shape index (κ3) is 2.95. The molecule has 0 radical (unpaired) electrons. The molecule has 1 amide bonds. The molecular formula is C12H13BrN4O. The second-order valence-electron chi connectivity index (χ2n) is 3.82. The molecule has 2 N–H and O–H groups in total. The summed E-state index contributed by atoms with van der Waals surface area (Å²) in [5, 5.41) is 9.65. The number of carbonyl (C=O) groups is 1. The van der Waals surface area contributed by atoms with Gasteiger partial charge in [-0.1, -0.05) is 13.3 Å². The number of aromatic amines is 1. The molecule has 0 aliphatic heterocycles. The fourth-order valence-electron chi connectivity index (χ4n) is 1.56. The number of hydrogen-bond acceptors (Lipinski definition) is 3. The van der Waals surface area contributed by atoms with E-state index in [1.807, 2.05) is 6.07 Å². The third-order valence-electron chi connectivity index (χ3n) is 2.40. The van der Waals surface area contributed by atoms with E-state index in [0.717, 1.165) is 18.5 Å². The number of nitrogens with one attached hydrogen (secondary N) is 2. The molecule has 5 nitrogen and oxygen atoms in total. The average molecular weight is 309 g/mol. The maximum Gasteiger partial charge on any atom is 0.259 e. The predicted octanol–water partition coefficient (Wildman–Crippen LogP) is 2.77. The molecule has 0 aliphatic rings. The molecule has 0 fully saturated rings. The summed E-state index contributed by atoms with van der Waals surface area (Å²) in [6, 6.07) is 5.25. The van der Waals surface area contributed by atoms with E-state index in [1.165, 1.54) is 0 Å². The van der Waals surface area contributed by atoms with E-state index in [0.29, 0.717) is 16.0 Å².